The standard InChI is InChI=1S/C13H16ClN3OS/c1-17(9-10-5-3-4-6-11(10)14)13-15-12(16-19-13)7-8-18-2/h3-6H,7-9H2,1-2H3. The topological polar surface area (TPSA) is 38.2 Å². The lowest BCUT2D eigenvalue weighted by Gasteiger charge is -2.15. The summed E-state index contributed by atoms with van der Waals surface area (Å²) >= 11 is 7.55. The van der Waals surface area contributed by atoms with E-state index in [1.807, 2.05) is 31.3 Å². The number of halogens is 1. The molecule has 4 nitrogen and oxygen atoms in total. The van der Waals surface area contributed by atoms with Crippen LogP contribution in [0.4, 0.5) is 5.13 Å². The maximum absolute atomic E-state index is 6.15. The number of hydrogen-bond donors (Lipinski definition) is 0. The number of benzene rings is 1. The minimum Gasteiger partial charge on any atom is -0.384 e. The van der Waals surface area contributed by atoms with Gasteiger partial charge in [0.05, 0.1) is 6.61 Å². The Balaban J connectivity index is 2.01. The Kier molecular flexibility index (Phi) is 5.13. The highest BCUT2D eigenvalue weighted by Gasteiger charge is 2.10. The van der Waals surface area contributed by atoms with Crippen molar-refractivity contribution in [1.29, 1.82) is 0 Å². The molecular weight excluding hydrogens is 282 g/mol. The van der Waals surface area contributed by atoms with Crippen molar-refractivity contribution >= 4 is 28.3 Å². The number of anilines is 1. The Hall–Kier alpha value is -1.17. The van der Waals surface area contributed by atoms with Crippen LogP contribution in [0.3, 0.4) is 0 Å². The van der Waals surface area contributed by atoms with Gasteiger partial charge in [-0.2, -0.15) is 4.37 Å². The molecule has 19 heavy (non-hydrogen) atoms. The Morgan fingerprint density at radius 1 is 1.37 bits per heavy atom. The summed E-state index contributed by atoms with van der Waals surface area (Å²) in [5, 5.41) is 1.67. The third kappa shape index (κ3) is 3.89. The highest BCUT2D eigenvalue weighted by molar-refractivity contribution is 7.09. The fourth-order valence-electron chi connectivity index (χ4n) is 1.64. The molecule has 2 rings (SSSR count). The Labute approximate surface area is 122 Å². The van der Waals surface area contributed by atoms with Gasteiger partial charge in [-0.15, -0.1) is 0 Å². The molecule has 0 aliphatic heterocycles. The fourth-order valence-corrected chi connectivity index (χ4v) is 2.51. The molecule has 1 aromatic heterocycles. The van der Waals surface area contributed by atoms with Crippen LogP contribution in [0.25, 0.3) is 0 Å². The Bertz CT molecular complexity index is 532. The van der Waals surface area contributed by atoms with E-state index in [-0.39, 0.29) is 0 Å². The minimum atomic E-state index is 0.643. The van der Waals surface area contributed by atoms with E-state index in [2.05, 4.69) is 14.3 Å². The summed E-state index contributed by atoms with van der Waals surface area (Å²) in [6.45, 7) is 1.36. The number of aromatic nitrogens is 2. The summed E-state index contributed by atoms with van der Waals surface area (Å²) in [5.74, 6) is 0.827. The van der Waals surface area contributed by atoms with Crippen molar-refractivity contribution in [3.05, 3.63) is 40.7 Å². The molecule has 0 spiro atoms. The molecule has 0 radical (unpaired) electrons. The van der Waals surface area contributed by atoms with Crippen molar-refractivity contribution in [2.75, 3.05) is 25.7 Å². The van der Waals surface area contributed by atoms with Crippen LogP contribution in [0.15, 0.2) is 24.3 Å². The largest absolute Gasteiger partial charge is 0.384 e. The molecule has 0 aliphatic rings. The first kappa shape index (κ1) is 14.2. The predicted molar refractivity (Wildman–Crippen MR) is 79.0 cm³/mol. The fraction of sp³-hybridized carbons (Fsp3) is 0.385. The number of ether oxygens (including phenoxy) is 1. The summed E-state index contributed by atoms with van der Waals surface area (Å²) in [5.41, 5.74) is 1.08. The van der Waals surface area contributed by atoms with Crippen molar-refractivity contribution in [3.8, 4) is 0 Å². The van der Waals surface area contributed by atoms with Gasteiger partial charge in [-0.05, 0) is 11.6 Å². The molecule has 0 unspecified atom stereocenters. The van der Waals surface area contributed by atoms with Gasteiger partial charge in [-0.25, -0.2) is 4.98 Å². The van der Waals surface area contributed by atoms with E-state index in [9.17, 15) is 0 Å². The zero-order chi connectivity index (χ0) is 13.7. The highest BCUT2D eigenvalue weighted by Crippen LogP contribution is 2.21. The second kappa shape index (κ2) is 6.84. The predicted octanol–water partition coefficient (Wildman–Crippen LogP) is 3.02. The quantitative estimate of drug-likeness (QED) is 0.821. The van der Waals surface area contributed by atoms with Crippen LogP contribution in [-0.2, 0) is 17.7 Å². The molecule has 1 aromatic carbocycles. The van der Waals surface area contributed by atoms with E-state index < -0.39 is 0 Å². The molecule has 0 saturated carbocycles. The monoisotopic (exact) mass is 297 g/mol. The van der Waals surface area contributed by atoms with E-state index in [1.165, 1.54) is 11.5 Å². The third-order valence-electron chi connectivity index (χ3n) is 2.68. The van der Waals surface area contributed by atoms with Crippen LogP contribution in [0.2, 0.25) is 5.02 Å². The number of hydrogen-bond acceptors (Lipinski definition) is 5. The number of nitrogens with zero attached hydrogens (tertiary/aromatic N) is 3. The second-order valence-corrected chi connectivity index (χ2v) is 5.32. The summed E-state index contributed by atoms with van der Waals surface area (Å²) in [6, 6.07) is 7.83. The third-order valence-corrected chi connectivity index (χ3v) is 3.92. The maximum Gasteiger partial charge on any atom is 0.205 e. The molecule has 0 fully saturated rings. The summed E-state index contributed by atoms with van der Waals surface area (Å²) in [6.07, 6.45) is 0.743. The van der Waals surface area contributed by atoms with Crippen LogP contribution in [-0.4, -0.2) is 30.1 Å². The molecule has 0 N–H and O–H groups in total. The second-order valence-electron chi connectivity index (χ2n) is 4.18. The van der Waals surface area contributed by atoms with Crippen LogP contribution in [0.1, 0.15) is 11.4 Å². The van der Waals surface area contributed by atoms with Crippen LogP contribution >= 0.6 is 23.1 Å². The Morgan fingerprint density at radius 2 is 2.16 bits per heavy atom. The maximum atomic E-state index is 6.15. The zero-order valence-electron chi connectivity index (χ0n) is 11.0. The minimum absolute atomic E-state index is 0.643. The first-order valence-electron chi connectivity index (χ1n) is 5.96. The van der Waals surface area contributed by atoms with Gasteiger partial charge in [0.2, 0.25) is 5.13 Å². The van der Waals surface area contributed by atoms with Gasteiger partial charge in [0.1, 0.15) is 5.82 Å². The molecular formula is C13H16ClN3OS. The molecule has 0 amide bonds. The van der Waals surface area contributed by atoms with Crippen LogP contribution in [0.5, 0.6) is 0 Å². The molecule has 102 valence electrons. The lowest BCUT2D eigenvalue weighted by molar-refractivity contribution is 0.201. The molecule has 1 heterocycles. The van der Waals surface area contributed by atoms with E-state index in [0.29, 0.717) is 6.61 Å². The lowest BCUT2D eigenvalue weighted by Crippen LogP contribution is -2.16. The van der Waals surface area contributed by atoms with E-state index in [1.54, 1.807) is 7.11 Å². The first-order valence-corrected chi connectivity index (χ1v) is 7.12. The van der Waals surface area contributed by atoms with Crippen molar-refractivity contribution in [2.24, 2.45) is 0 Å². The molecule has 6 heteroatoms. The van der Waals surface area contributed by atoms with Gasteiger partial charge in [0.15, 0.2) is 0 Å². The van der Waals surface area contributed by atoms with Crippen molar-refractivity contribution in [3.63, 3.8) is 0 Å². The average molecular weight is 298 g/mol. The Morgan fingerprint density at radius 3 is 2.89 bits per heavy atom. The van der Waals surface area contributed by atoms with Gasteiger partial charge in [-0.3, -0.25) is 0 Å². The van der Waals surface area contributed by atoms with Crippen molar-refractivity contribution in [2.45, 2.75) is 13.0 Å². The van der Waals surface area contributed by atoms with E-state index in [4.69, 9.17) is 16.3 Å². The van der Waals surface area contributed by atoms with Gasteiger partial charge in [-0.1, -0.05) is 29.8 Å². The SMILES string of the molecule is COCCc1nsc(N(C)Cc2ccccc2Cl)n1. The molecule has 0 atom stereocenters. The summed E-state index contributed by atoms with van der Waals surface area (Å²) < 4.78 is 9.34. The molecule has 0 aliphatic carbocycles. The normalized spacial score (nSPS) is 10.7. The van der Waals surface area contributed by atoms with Gasteiger partial charge < -0.3 is 9.64 Å². The van der Waals surface area contributed by atoms with Gasteiger partial charge >= 0.3 is 0 Å². The number of rotatable bonds is 6. The lowest BCUT2D eigenvalue weighted by atomic mass is 10.2. The molecule has 0 bridgehead atoms. The van der Waals surface area contributed by atoms with Gasteiger partial charge in [0, 0.05) is 43.7 Å². The van der Waals surface area contributed by atoms with E-state index in [0.717, 1.165) is 34.5 Å². The summed E-state index contributed by atoms with van der Waals surface area (Å²) in [7, 11) is 3.67. The molecule has 0 saturated heterocycles. The average Bonchev–Trinajstić information content (AvgIpc) is 2.88. The zero-order valence-corrected chi connectivity index (χ0v) is 12.5. The smallest absolute Gasteiger partial charge is 0.205 e. The van der Waals surface area contributed by atoms with Crippen molar-refractivity contribution in [1.82, 2.24) is 9.36 Å². The van der Waals surface area contributed by atoms with Crippen LogP contribution < -0.4 is 4.90 Å². The summed E-state index contributed by atoms with van der Waals surface area (Å²) in [4.78, 5) is 6.53. The number of methoxy groups -OCH3 is 1. The van der Waals surface area contributed by atoms with Crippen LogP contribution in [0, 0.1) is 0 Å². The first-order chi connectivity index (χ1) is 9.20. The van der Waals surface area contributed by atoms with E-state index >= 15 is 0 Å². The molecule has 2 aromatic rings. The highest BCUT2D eigenvalue weighted by atomic mass is 35.5. The van der Waals surface area contributed by atoms with Crippen molar-refractivity contribution < 1.29 is 4.74 Å². The van der Waals surface area contributed by atoms with Gasteiger partial charge in [0.25, 0.3) is 0 Å².